The maximum absolute atomic E-state index is 12.2. The number of carbonyl (C=O) groups is 2. The number of hydrogen-bond acceptors (Lipinski definition) is 4. The first kappa shape index (κ1) is 15.1. The van der Waals surface area contributed by atoms with Crippen LogP contribution in [0.15, 0.2) is 60.7 Å². The molecule has 1 fully saturated rings. The molecular formula is C18H17NO4. The summed E-state index contributed by atoms with van der Waals surface area (Å²) in [5.41, 5.74) is 1.86. The van der Waals surface area contributed by atoms with Crippen molar-refractivity contribution in [2.45, 2.75) is 19.1 Å². The molecule has 0 bridgehead atoms. The van der Waals surface area contributed by atoms with Crippen LogP contribution in [0.2, 0.25) is 0 Å². The lowest BCUT2D eigenvalue weighted by molar-refractivity contribution is -0.139. The number of rotatable bonds is 4. The van der Waals surface area contributed by atoms with E-state index in [0.717, 1.165) is 11.1 Å². The van der Waals surface area contributed by atoms with Crippen molar-refractivity contribution in [3.63, 3.8) is 0 Å². The molecule has 1 saturated heterocycles. The van der Waals surface area contributed by atoms with Crippen molar-refractivity contribution in [3.05, 3.63) is 71.8 Å². The van der Waals surface area contributed by atoms with E-state index >= 15 is 0 Å². The quantitative estimate of drug-likeness (QED) is 0.815. The third-order valence-electron chi connectivity index (χ3n) is 3.71. The molecule has 1 heterocycles. The monoisotopic (exact) mass is 311 g/mol. The third kappa shape index (κ3) is 3.69. The Hall–Kier alpha value is -2.82. The largest absolute Gasteiger partial charge is 0.444 e. The minimum atomic E-state index is -0.638. The van der Waals surface area contributed by atoms with E-state index < -0.39 is 18.1 Å². The van der Waals surface area contributed by atoms with E-state index in [1.165, 1.54) is 4.90 Å². The lowest BCUT2D eigenvalue weighted by Gasteiger charge is -2.19. The Balaban J connectivity index is 1.63. The van der Waals surface area contributed by atoms with Gasteiger partial charge in [-0.15, -0.1) is 0 Å². The standard InChI is InChI=1S/C18H17NO4/c20-17-16(11-14-7-3-1-4-8-14)19(13-23-17)18(21)22-12-15-9-5-2-6-10-15/h1-10,16H,11-13H2. The summed E-state index contributed by atoms with van der Waals surface area (Å²) in [7, 11) is 0. The van der Waals surface area contributed by atoms with Gasteiger partial charge in [-0.1, -0.05) is 60.7 Å². The van der Waals surface area contributed by atoms with Crippen molar-refractivity contribution in [1.29, 1.82) is 0 Å². The zero-order chi connectivity index (χ0) is 16.1. The zero-order valence-corrected chi connectivity index (χ0v) is 12.6. The molecule has 0 aliphatic carbocycles. The van der Waals surface area contributed by atoms with Gasteiger partial charge in [-0.3, -0.25) is 4.90 Å². The molecule has 2 aromatic rings. The van der Waals surface area contributed by atoms with Gasteiger partial charge in [0.25, 0.3) is 0 Å². The molecule has 0 aromatic heterocycles. The van der Waals surface area contributed by atoms with E-state index in [2.05, 4.69) is 0 Å². The highest BCUT2D eigenvalue weighted by Gasteiger charge is 2.38. The van der Waals surface area contributed by atoms with Crippen LogP contribution in [-0.4, -0.2) is 29.7 Å². The van der Waals surface area contributed by atoms with Crippen molar-refractivity contribution in [2.24, 2.45) is 0 Å². The van der Waals surface area contributed by atoms with Crippen LogP contribution in [-0.2, 0) is 27.3 Å². The molecule has 1 aliphatic heterocycles. The van der Waals surface area contributed by atoms with Crippen LogP contribution in [0.5, 0.6) is 0 Å². The summed E-state index contributed by atoms with van der Waals surface area (Å²) in [6, 6.07) is 18.3. The van der Waals surface area contributed by atoms with Crippen molar-refractivity contribution in [3.8, 4) is 0 Å². The van der Waals surface area contributed by atoms with Crippen molar-refractivity contribution in [2.75, 3.05) is 6.73 Å². The van der Waals surface area contributed by atoms with Crippen molar-refractivity contribution >= 4 is 12.1 Å². The van der Waals surface area contributed by atoms with Crippen LogP contribution in [0.4, 0.5) is 4.79 Å². The van der Waals surface area contributed by atoms with Crippen LogP contribution in [0.3, 0.4) is 0 Å². The van der Waals surface area contributed by atoms with Gasteiger partial charge < -0.3 is 9.47 Å². The van der Waals surface area contributed by atoms with E-state index in [-0.39, 0.29) is 13.3 Å². The molecule has 0 spiro atoms. The molecule has 1 aliphatic rings. The van der Waals surface area contributed by atoms with Gasteiger partial charge in [0.2, 0.25) is 0 Å². The highest BCUT2D eigenvalue weighted by Crippen LogP contribution is 2.18. The van der Waals surface area contributed by atoms with Gasteiger partial charge in [0.15, 0.2) is 6.73 Å². The topological polar surface area (TPSA) is 55.8 Å². The number of carbonyl (C=O) groups excluding carboxylic acids is 2. The van der Waals surface area contributed by atoms with Gasteiger partial charge in [0, 0.05) is 6.42 Å². The minimum absolute atomic E-state index is 0.0655. The first-order valence-electron chi connectivity index (χ1n) is 7.42. The summed E-state index contributed by atoms with van der Waals surface area (Å²) in [6.07, 6.45) is -0.124. The molecule has 1 atom stereocenters. The predicted octanol–water partition coefficient (Wildman–Crippen LogP) is 2.75. The summed E-state index contributed by atoms with van der Waals surface area (Å²) in [5.74, 6) is -0.398. The van der Waals surface area contributed by atoms with Gasteiger partial charge in [-0.25, -0.2) is 9.59 Å². The number of nitrogens with zero attached hydrogens (tertiary/aromatic N) is 1. The van der Waals surface area contributed by atoms with E-state index in [4.69, 9.17) is 9.47 Å². The molecule has 118 valence electrons. The van der Waals surface area contributed by atoms with Gasteiger partial charge in [0.05, 0.1) is 0 Å². The Labute approximate surface area is 134 Å². The SMILES string of the molecule is O=C1OCN(C(=O)OCc2ccccc2)C1Cc1ccccc1. The third-order valence-corrected chi connectivity index (χ3v) is 3.71. The zero-order valence-electron chi connectivity index (χ0n) is 12.6. The summed E-state index contributed by atoms with van der Waals surface area (Å²) in [4.78, 5) is 25.5. The van der Waals surface area contributed by atoms with E-state index in [9.17, 15) is 9.59 Å². The maximum atomic E-state index is 12.2. The molecule has 1 unspecified atom stereocenters. The van der Waals surface area contributed by atoms with Crippen molar-refractivity contribution in [1.82, 2.24) is 4.90 Å². The van der Waals surface area contributed by atoms with E-state index in [0.29, 0.717) is 6.42 Å². The van der Waals surface area contributed by atoms with Crippen molar-refractivity contribution < 1.29 is 19.1 Å². The molecule has 0 radical (unpaired) electrons. The van der Waals surface area contributed by atoms with Crippen LogP contribution in [0.25, 0.3) is 0 Å². The number of esters is 1. The van der Waals surface area contributed by atoms with Crippen LogP contribution in [0.1, 0.15) is 11.1 Å². The number of cyclic esters (lactones) is 1. The Bertz CT molecular complexity index is 672. The Morgan fingerprint density at radius 3 is 2.30 bits per heavy atom. The summed E-state index contributed by atoms with van der Waals surface area (Å²) in [6.45, 7) is 0.104. The van der Waals surface area contributed by atoms with E-state index in [1.807, 2.05) is 60.7 Å². The molecule has 0 saturated carbocycles. The van der Waals surface area contributed by atoms with Gasteiger partial charge in [0.1, 0.15) is 12.6 Å². The summed E-state index contributed by atoms with van der Waals surface area (Å²) < 4.78 is 10.3. The smallest absolute Gasteiger partial charge is 0.413 e. The first-order chi connectivity index (χ1) is 11.2. The molecule has 5 nitrogen and oxygen atoms in total. The van der Waals surface area contributed by atoms with Crippen LogP contribution < -0.4 is 0 Å². The fourth-order valence-corrected chi connectivity index (χ4v) is 2.46. The number of amides is 1. The first-order valence-corrected chi connectivity index (χ1v) is 7.42. The Morgan fingerprint density at radius 1 is 1.04 bits per heavy atom. The highest BCUT2D eigenvalue weighted by atomic mass is 16.6. The normalized spacial score (nSPS) is 17.0. The molecule has 2 aromatic carbocycles. The van der Waals surface area contributed by atoms with Crippen LogP contribution >= 0.6 is 0 Å². The average Bonchev–Trinajstić information content (AvgIpc) is 2.95. The number of hydrogen-bond donors (Lipinski definition) is 0. The highest BCUT2D eigenvalue weighted by molar-refractivity contribution is 5.84. The number of benzene rings is 2. The summed E-state index contributed by atoms with van der Waals surface area (Å²) in [5, 5.41) is 0. The van der Waals surface area contributed by atoms with Crippen LogP contribution in [0, 0.1) is 0 Å². The maximum Gasteiger partial charge on any atom is 0.413 e. The number of ether oxygens (including phenoxy) is 2. The second kappa shape index (κ2) is 6.96. The Morgan fingerprint density at radius 2 is 1.65 bits per heavy atom. The lowest BCUT2D eigenvalue weighted by atomic mass is 10.1. The van der Waals surface area contributed by atoms with Gasteiger partial charge >= 0.3 is 12.1 Å². The molecular weight excluding hydrogens is 294 g/mol. The Kier molecular flexibility index (Phi) is 4.57. The van der Waals surface area contributed by atoms with Gasteiger partial charge in [-0.2, -0.15) is 0 Å². The second-order valence-electron chi connectivity index (χ2n) is 5.31. The average molecular weight is 311 g/mol. The van der Waals surface area contributed by atoms with E-state index in [1.54, 1.807) is 0 Å². The van der Waals surface area contributed by atoms with Gasteiger partial charge in [-0.05, 0) is 11.1 Å². The molecule has 1 amide bonds. The lowest BCUT2D eigenvalue weighted by Crippen LogP contribution is -2.39. The minimum Gasteiger partial charge on any atom is -0.444 e. The molecule has 3 rings (SSSR count). The summed E-state index contributed by atoms with van der Waals surface area (Å²) >= 11 is 0. The molecule has 5 heteroatoms. The second-order valence-corrected chi connectivity index (χ2v) is 5.31. The molecule has 23 heavy (non-hydrogen) atoms. The fourth-order valence-electron chi connectivity index (χ4n) is 2.46. The predicted molar refractivity (Wildman–Crippen MR) is 83.4 cm³/mol. The fraction of sp³-hybridized carbons (Fsp3) is 0.222. The molecule has 0 N–H and O–H groups in total.